The fourth-order valence-corrected chi connectivity index (χ4v) is 2.90. The molecule has 0 radical (unpaired) electrons. The lowest BCUT2D eigenvalue weighted by Crippen LogP contribution is -2.37. The maximum atomic E-state index is 11.9. The zero-order valence-corrected chi connectivity index (χ0v) is 17.0. The summed E-state index contributed by atoms with van der Waals surface area (Å²) in [6.07, 6.45) is 2.53. The molecule has 3 amide bonds. The van der Waals surface area contributed by atoms with Crippen LogP contribution in [-0.2, 0) is 14.3 Å². The van der Waals surface area contributed by atoms with Gasteiger partial charge in [0.15, 0.2) is 18.1 Å². The maximum Gasteiger partial charge on any atom is 0.331 e. The molecule has 0 aliphatic carbocycles. The topological polar surface area (TPSA) is 103 Å². The fraction of sp³-hybridized carbons (Fsp3) is 0.150. The summed E-state index contributed by atoms with van der Waals surface area (Å²) >= 11 is 11.8. The minimum Gasteiger partial charge on any atom is -0.486 e. The molecule has 1 aliphatic heterocycles. The number of hydrogen-bond acceptors (Lipinski definition) is 6. The Kier molecular flexibility index (Phi) is 7.16. The molecule has 8 nitrogen and oxygen atoms in total. The fourth-order valence-electron chi connectivity index (χ4n) is 2.43. The van der Waals surface area contributed by atoms with Gasteiger partial charge >= 0.3 is 12.0 Å². The average molecular weight is 451 g/mol. The number of fused-ring (bicyclic) bond motifs is 1. The van der Waals surface area contributed by atoms with E-state index in [0.717, 1.165) is 6.08 Å². The summed E-state index contributed by atoms with van der Waals surface area (Å²) in [7, 11) is 0. The van der Waals surface area contributed by atoms with E-state index in [4.69, 9.17) is 37.4 Å². The van der Waals surface area contributed by atoms with E-state index in [1.807, 2.05) is 0 Å². The summed E-state index contributed by atoms with van der Waals surface area (Å²) in [4.78, 5) is 35.4. The van der Waals surface area contributed by atoms with E-state index in [2.05, 4.69) is 10.6 Å². The van der Waals surface area contributed by atoms with Gasteiger partial charge in [0.2, 0.25) is 0 Å². The highest BCUT2D eigenvalue weighted by Gasteiger charge is 2.14. The Morgan fingerprint density at radius 3 is 2.57 bits per heavy atom. The maximum absolute atomic E-state index is 11.9. The number of ether oxygens (including phenoxy) is 3. The Morgan fingerprint density at radius 2 is 1.80 bits per heavy atom. The minimum atomic E-state index is -0.795. The predicted octanol–water partition coefficient (Wildman–Crippen LogP) is 3.67. The molecule has 0 spiro atoms. The molecule has 156 valence electrons. The smallest absolute Gasteiger partial charge is 0.331 e. The van der Waals surface area contributed by atoms with Crippen LogP contribution in [0.3, 0.4) is 0 Å². The Labute approximate surface area is 181 Å². The van der Waals surface area contributed by atoms with Gasteiger partial charge in [0, 0.05) is 27.9 Å². The van der Waals surface area contributed by atoms with Crippen LogP contribution in [0.4, 0.5) is 10.5 Å². The van der Waals surface area contributed by atoms with E-state index in [1.165, 1.54) is 12.1 Å². The molecule has 30 heavy (non-hydrogen) atoms. The molecule has 0 saturated carbocycles. The second-order valence-electron chi connectivity index (χ2n) is 5.97. The molecule has 3 rings (SSSR count). The third-order valence-electron chi connectivity index (χ3n) is 3.76. The van der Waals surface area contributed by atoms with Gasteiger partial charge < -0.3 is 19.5 Å². The molecule has 0 aromatic heterocycles. The standard InChI is InChI=1S/C20H16Cl2N2O6/c21-13-3-1-12(15(22)9-13)2-6-19(26)30-11-18(25)24-20(27)23-14-4-5-16-17(10-14)29-8-7-28-16/h1-6,9-10H,7-8,11H2,(H2,23,24,25,27)/b6-2+. The highest BCUT2D eigenvalue weighted by atomic mass is 35.5. The van der Waals surface area contributed by atoms with Gasteiger partial charge in [0.05, 0.1) is 0 Å². The molecule has 0 atom stereocenters. The van der Waals surface area contributed by atoms with Gasteiger partial charge in [-0.2, -0.15) is 0 Å². The van der Waals surface area contributed by atoms with Crippen molar-refractivity contribution in [3.63, 3.8) is 0 Å². The van der Waals surface area contributed by atoms with Gasteiger partial charge in [-0.1, -0.05) is 29.3 Å². The molecular weight excluding hydrogens is 435 g/mol. The van der Waals surface area contributed by atoms with Crippen LogP contribution in [-0.4, -0.2) is 37.7 Å². The monoisotopic (exact) mass is 450 g/mol. The number of amides is 3. The summed E-state index contributed by atoms with van der Waals surface area (Å²) < 4.78 is 15.6. The van der Waals surface area contributed by atoms with Gasteiger partial charge in [-0.05, 0) is 35.9 Å². The van der Waals surface area contributed by atoms with Crippen molar-refractivity contribution in [3.8, 4) is 11.5 Å². The van der Waals surface area contributed by atoms with Crippen molar-refractivity contribution in [1.82, 2.24) is 5.32 Å². The van der Waals surface area contributed by atoms with E-state index in [0.29, 0.717) is 46.0 Å². The van der Waals surface area contributed by atoms with Crippen LogP contribution in [0, 0.1) is 0 Å². The van der Waals surface area contributed by atoms with E-state index in [9.17, 15) is 14.4 Å². The Bertz CT molecular complexity index is 1010. The second-order valence-corrected chi connectivity index (χ2v) is 6.81. The first-order valence-corrected chi connectivity index (χ1v) is 9.46. The van der Waals surface area contributed by atoms with Gasteiger partial charge in [0.25, 0.3) is 5.91 Å². The van der Waals surface area contributed by atoms with Gasteiger partial charge in [0.1, 0.15) is 13.2 Å². The van der Waals surface area contributed by atoms with E-state index >= 15 is 0 Å². The van der Waals surface area contributed by atoms with Gasteiger partial charge in [-0.25, -0.2) is 9.59 Å². The van der Waals surface area contributed by atoms with E-state index in [1.54, 1.807) is 30.3 Å². The highest BCUT2D eigenvalue weighted by molar-refractivity contribution is 6.35. The van der Waals surface area contributed by atoms with Crippen molar-refractivity contribution >= 4 is 52.9 Å². The van der Waals surface area contributed by atoms with Crippen molar-refractivity contribution in [1.29, 1.82) is 0 Å². The van der Waals surface area contributed by atoms with E-state index < -0.39 is 24.5 Å². The molecule has 2 aromatic rings. The molecular formula is C20H16Cl2N2O6. The lowest BCUT2D eigenvalue weighted by Gasteiger charge is -2.19. The highest BCUT2D eigenvalue weighted by Crippen LogP contribution is 2.32. The number of urea groups is 1. The number of nitrogens with one attached hydrogen (secondary N) is 2. The number of benzene rings is 2. The zero-order valence-electron chi connectivity index (χ0n) is 15.4. The van der Waals surface area contributed by atoms with Crippen molar-refractivity contribution in [2.45, 2.75) is 0 Å². The van der Waals surface area contributed by atoms with Crippen LogP contribution in [0.1, 0.15) is 5.56 Å². The number of carbonyl (C=O) groups is 3. The van der Waals surface area contributed by atoms with Crippen LogP contribution < -0.4 is 20.1 Å². The number of hydrogen-bond donors (Lipinski definition) is 2. The first-order valence-electron chi connectivity index (χ1n) is 8.71. The predicted molar refractivity (Wildman–Crippen MR) is 111 cm³/mol. The number of anilines is 1. The first kappa shape index (κ1) is 21.5. The summed E-state index contributed by atoms with van der Waals surface area (Å²) in [5, 5.41) is 5.36. The largest absolute Gasteiger partial charge is 0.486 e. The van der Waals surface area contributed by atoms with Crippen molar-refractivity contribution < 1.29 is 28.6 Å². The average Bonchev–Trinajstić information content (AvgIpc) is 2.71. The summed E-state index contributed by atoms with van der Waals surface area (Å²) in [5.74, 6) is -0.505. The van der Waals surface area contributed by atoms with Crippen molar-refractivity contribution in [2.24, 2.45) is 0 Å². The number of esters is 1. The third kappa shape index (κ3) is 6.13. The Hall–Kier alpha value is -3.23. The summed E-state index contributed by atoms with van der Waals surface area (Å²) in [6.45, 7) is 0.229. The molecule has 0 saturated heterocycles. The minimum absolute atomic E-state index is 0.361. The van der Waals surface area contributed by atoms with Crippen LogP contribution in [0.25, 0.3) is 6.08 Å². The summed E-state index contributed by atoms with van der Waals surface area (Å²) in [5.41, 5.74) is 0.964. The number of rotatable bonds is 5. The number of halogens is 2. The van der Waals surface area contributed by atoms with E-state index in [-0.39, 0.29) is 0 Å². The van der Waals surface area contributed by atoms with Crippen LogP contribution in [0.2, 0.25) is 10.0 Å². The van der Waals surface area contributed by atoms with Crippen LogP contribution in [0.15, 0.2) is 42.5 Å². The van der Waals surface area contributed by atoms with Crippen molar-refractivity contribution in [2.75, 3.05) is 25.1 Å². The normalized spacial score (nSPS) is 12.3. The Balaban J connectivity index is 1.44. The number of imide groups is 1. The summed E-state index contributed by atoms with van der Waals surface area (Å²) in [6, 6.07) is 8.82. The quantitative estimate of drug-likeness (QED) is 0.531. The number of carbonyl (C=O) groups excluding carboxylic acids is 3. The Morgan fingerprint density at radius 1 is 1.03 bits per heavy atom. The van der Waals surface area contributed by atoms with Crippen LogP contribution in [0.5, 0.6) is 11.5 Å². The third-order valence-corrected chi connectivity index (χ3v) is 4.32. The molecule has 2 N–H and O–H groups in total. The zero-order chi connectivity index (χ0) is 21.5. The lowest BCUT2D eigenvalue weighted by molar-refractivity contribution is -0.143. The van der Waals surface area contributed by atoms with Gasteiger partial charge in [-0.3, -0.25) is 10.1 Å². The van der Waals surface area contributed by atoms with Crippen molar-refractivity contribution in [3.05, 3.63) is 58.1 Å². The molecule has 10 heteroatoms. The lowest BCUT2D eigenvalue weighted by atomic mass is 10.2. The van der Waals surface area contributed by atoms with Crippen LogP contribution >= 0.6 is 23.2 Å². The molecule has 1 heterocycles. The molecule has 1 aliphatic rings. The molecule has 0 unspecified atom stereocenters. The molecule has 2 aromatic carbocycles. The molecule has 0 fully saturated rings. The SMILES string of the molecule is O=C(COC(=O)/C=C/c1ccc(Cl)cc1Cl)NC(=O)Nc1ccc2c(c1)OCCO2. The van der Waals surface area contributed by atoms with Gasteiger partial charge in [-0.15, -0.1) is 0 Å². The first-order chi connectivity index (χ1) is 14.4. The molecule has 0 bridgehead atoms. The second kappa shape index (κ2) is 10.00.